The van der Waals surface area contributed by atoms with Crippen LogP contribution in [0, 0.1) is 5.92 Å². The number of carbonyl (C=O) groups is 1. The first-order valence-corrected chi connectivity index (χ1v) is 8.97. The van der Waals surface area contributed by atoms with Crippen LogP contribution in [0.1, 0.15) is 28.4 Å². The van der Waals surface area contributed by atoms with Crippen LogP contribution in [-0.4, -0.2) is 30.8 Å². The summed E-state index contributed by atoms with van der Waals surface area (Å²) >= 11 is 6.16. The summed E-state index contributed by atoms with van der Waals surface area (Å²) in [5.41, 5.74) is 2.89. The standard InChI is InChI=1S/C20H22ClNO4.Na/c1-13(11-23)12-26-19-6-5-15(21)9-14(19)10-22-8-7-16-17(20(24)25)3-2-4-18(16)22;/h2-6,9,13,23H,7-8,10-12H2,1H3,(H,24,25);/q;+1/p-1/t13-;/m0./s1. The molecule has 138 valence electrons. The van der Waals surface area contributed by atoms with Crippen LogP contribution in [0.3, 0.4) is 0 Å². The Morgan fingerprint density at radius 2 is 2.15 bits per heavy atom. The number of carboxylic acids is 1. The number of ether oxygens (including phenoxy) is 1. The van der Waals surface area contributed by atoms with E-state index in [-0.39, 0.29) is 47.6 Å². The van der Waals surface area contributed by atoms with E-state index in [0.717, 1.165) is 29.1 Å². The normalized spacial score (nSPS) is 13.7. The van der Waals surface area contributed by atoms with Gasteiger partial charge in [-0.3, -0.25) is 0 Å². The number of nitrogens with zero attached hydrogens (tertiary/aromatic N) is 1. The number of halogens is 1. The van der Waals surface area contributed by atoms with Crippen LogP contribution in [0.15, 0.2) is 36.4 Å². The summed E-state index contributed by atoms with van der Waals surface area (Å²) in [5, 5.41) is 21.1. The third-order valence-corrected chi connectivity index (χ3v) is 4.80. The predicted molar refractivity (Wildman–Crippen MR) is 98.7 cm³/mol. The van der Waals surface area contributed by atoms with Gasteiger partial charge in [-0.2, -0.15) is 0 Å². The number of hydrogen-bond acceptors (Lipinski definition) is 5. The van der Waals surface area contributed by atoms with Gasteiger partial charge in [0.25, 0.3) is 0 Å². The third kappa shape index (κ3) is 5.18. The molecule has 27 heavy (non-hydrogen) atoms. The molecule has 0 unspecified atom stereocenters. The molecule has 0 fully saturated rings. The zero-order valence-corrected chi connectivity index (χ0v) is 18.3. The van der Waals surface area contributed by atoms with Crippen LogP contribution in [0.4, 0.5) is 5.69 Å². The van der Waals surface area contributed by atoms with E-state index in [4.69, 9.17) is 16.3 Å². The monoisotopic (exact) mass is 397 g/mol. The van der Waals surface area contributed by atoms with E-state index in [9.17, 15) is 15.0 Å². The molecular formula is C20H21ClNNaO4. The number of hydrogen-bond donors (Lipinski definition) is 1. The summed E-state index contributed by atoms with van der Waals surface area (Å²) < 4.78 is 5.86. The number of aromatic carboxylic acids is 1. The van der Waals surface area contributed by atoms with E-state index < -0.39 is 5.97 Å². The van der Waals surface area contributed by atoms with Gasteiger partial charge in [-0.15, -0.1) is 0 Å². The summed E-state index contributed by atoms with van der Waals surface area (Å²) in [6, 6.07) is 10.7. The van der Waals surface area contributed by atoms with Crippen LogP contribution in [0.2, 0.25) is 5.02 Å². The van der Waals surface area contributed by atoms with Crippen molar-refractivity contribution in [2.75, 3.05) is 24.7 Å². The molecule has 1 heterocycles. The molecule has 1 aliphatic rings. The zero-order valence-electron chi connectivity index (χ0n) is 15.6. The molecule has 1 aliphatic heterocycles. The molecule has 3 rings (SSSR count). The number of fused-ring (bicyclic) bond motifs is 1. The Morgan fingerprint density at radius 1 is 1.37 bits per heavy atom. The van der Waals surface area contributed by atoms with Crippen molar-refractivity contribution in [2.24, 2.45) is 5.92 Å². The summed E-state index contributed by atoms with van der Waals surface area (Å²) in [6.07, 6.45) is 0.664. The van der Waals surface area contributed by atoms with Gasteiger partial charge in [-0.1, -0.05) is 30.7 Å². The second-order valence-corrected chi connectivity index (χ2v) is 7.05. The van der Waals surface area contributed by atoms with Gasteiger partial charge in [0.15, 0.2) is 0 Å². The van der Waals surface area contributed by atoms with Crippen molar-refractivity contribution in [2.45, 2.75) is 19.9 Å². The first kappa shape index (κ1) is 22.1. The Kier molecular flexibility index (Phi) is 8.01. The number of benzene rings is 2. The molecule has 0 spiro atoms. The molecule has 0 amide bonds. The SMILES string of the molecule is C[C@@H](CO)COc1ccc(Cl)cc1CN1CCc2c(C(=O)[O-])cccc21.[Na+]. The molecule has 1 atom stereocenters. The smallest absolute Gasteiger partial charge is 0.545 e. The molecule has 0 radical (unpaired) electrons. The Morgan fingerprint density at radius 3 is 2.85 bits per heavy atom. The van der Waals surface area contributed by atoms with Crippen LogP contribution >= 0.6 is 11.6 Å². The van der Waals surface area contributed by atoms with Gasteiger partial charge in [0.05, 0.1) is 12.6 Å². The molecule has 2 aromatic rings. The molecule has 0 bridgehead atoms. The molecule has 0 saturated heterocycles. The number of aliphatic hydroxyl groups excluding tert-OH is 1. The molecule has 2 aromatic carbocycles. The van der Waals surface area contributed by atoms with Gasteiger partial charge in [-0.05, 0) is 36.2 Å². The van der Waals surface area contributed by atoms with Crippen LogP contribution in [-0.2, 0) is 13.0 Å². The van der Waals surface area contributed by atoms with Gasteiger partial charge < -0.3 is 24.6 Å². The first-order valence-electron chi connectivity index (χ1n) is 8.60. The fourth-order valence-electron chi connectivity index (χ4n) is 3.16. The van der Waals surface area contributed by atoms with E-state index in [1.54, 1.807) is 18.2 Å². The molecule has 0 saturated carbocycles. The molecule has 5 nitrogen and oxygen atoms in total. The Balaban J connectivity index is 0.00000261. The summed E-state index contributed by atoms with van der Waals surface area (Å²) in [4.78, 5) is 13.4. The zero-order chi connectivity index (χ0) is 18.7. The second-order valence-electron chi connectivity index (χ2n) is 6.61. The minimum Gasteiger partial charge on any atom is -0.545 e. The van der Waals surface area contributed by atoms with Crippen molar-refractivity contribution < 1.29 is 49.3 Å². The van der Waals surface area contributed by atoms with E-state index in [1.807, 2.05) is 25.1 Å². The predicted octanol–water partition coefficient (Wildman–Crippen LogP) is -0.723. The Hall–Kier alpha value is -1.24. The summed E-state index contributed by atoms with van der Waals surface area (Å²) in [5.74, 6) is -0.385. The fraction of sp³-hybridized carbons (Fsp3) is 0.350. The minimum atomic E-state index is -1.14. The molecule has 0 aromatic heterocycles. The average Bonchev–Trinajstić information content (AvgIpc) is 3.03. The van der Waals surface area contributed by atoms with Crippen molar-refractivity contribution in [3.63, 3.8) is 0 Å². The van der Waals surface area contributed by atoms with E-state index in [0.29, 0.717) is 24.6 Å². The maximum absolute atomic E-state index is 11.3. The molecule has 7 heteroatoms. The summed E-state index contributed by atoms with van der Waals surface area (Å²) in [7, 11) is 0. The van der Waals surface area contributed by atoms with E-state index in [1.165, 1.54) is 0 Å². The minimum absolute atomic E-state index is 0. The van der Waals surface area contributed by atoms with Gasteiger partial charge in [0, 0.05) is 47.5 Å². The number of anilines is 1. The van der Waals surface area contributed by atoms with Crippen molar-refractivity contribution >= 4 is 23.3 Å². The van der Waals surface area contributed by atoms with Crippen molar-refractivity contribution in [1.82, 2.24) is 0 Å². The van der Waals surface area contributed by atoms with Crippen LogP contribution < -0.4 is 44.3 Å². The molecule has 1 N–H and O–H groups in total. The summed E-state index contributed by atoms with van der Waals surface area (Å²) in [6.45, 7) is 3.67. The number of carbonyl (C=O) groups excluding carboxylic acids is 1. The van der Waals surface area contributed by atoms with Gasteiger partial charge in [-0.25, -0.2) is 0 Å². The fourth-order valence-corrected chi connectivity index (χ4v) is 3.35. The Labute approximate surface area is 186 Å². The Bertz CT molecular complexity index is 815. The van der Waals surface area contributed by atoms with Gasteiger partial charge in [0.1, 0.15) is 5.75 Å². The van der Waals surface area contributed by atoms with Crippen LogP contribution in [0.5, 0.6) is 5.75 Å². The van der Waals surface area contributed by atoms with Crippen molar-refractivity contribution in [3.05, 3.63) is 58.1 Å². The maximum atomic E-state index is 11.3. The second kappa shape index (κ2) is 9.80. The van der Waals surface area contributed by atoms with E-state index in [2.05, 4.69) is 4.90 Å². The first-order chi connectivity index (χ1) is 12.5. The molecule has 0 aliphatic carbocycles. The average molecular weight is 398 g/mol. The maximum Gasteiger partial charge on any atom is 1.00 e. The van der Waals surface area contributed by atoms with Crippen LogP contribution in [0.25, 0.3) is 0 Å². The number of rotatable bonds is 7. The van der Waals surface area contributed by atoms with Gasteiger partial charge in [0.2, 0.25) is 0 Å². The number of aliphatic hydroxyl groups is 1. The topological polar surface area (TPSA) is 72.8 Å². The largest absolute Gasteiger partial charge is 1.00 e. The van der Waals surface area contributed by atoms with Crippen molar-refractivity contribution in [3.8, 4) is 5.75 Å². The van der Waals surface area contributed by atoms with Crippen molar-refractivity contribution in [1.29, 1.82) is 0 Å². The molecular weight excluding hydrogens is 377 g/mol. The number of carboxylic acid groups (broad SMARTS) is 1. The van der Waals surface area contributed by atoms with E-state index >= 15 is 0 Å². The third-order valence-electron chi connectivity index (χ3n) is 4.56. The quantitative estimate of drug-likeness (QED) is 0.624. The van der Waals surface area contributed by atoms with Gasteiger partial charge >= 0.3 is 29.6 Å².